The number of rotatable bonds is 4. The van der Waals surface area contributed by atoms with Crippen molar-refractivity contribution in [1.29, 1.82) is 0 Å². The van der Waals surface area contributed by atoms with Gasteiger partial charge in [-0.15, -0.1) is 0 Å². The standard InChI is InChI=1S/C14H19N3O2S/c1-10-5-6-13(11(2)7-10)9-17(4)20(18,19)14-8-15-16-12(14)3/h5-8H,9H2,1-4H3,(H,15,16). The zero-order valence-corrected chi connectivity index (χ0v) is 13.0. The van der Waals surface area contributed by atoms with E-state index in [9.17, 15) is 8.42 Å². The molecule has 0 radical (unpaired) electrons. The molecule has 1 aromatic heterocycles. The Kier molecular flexibility index (Phi) is 3.96. The zero-order chi connectivity index (χ0) is 14.9. The lowest BCUT2D eigenvalue weighted by Gasteiger charge is -2.18. The molecule has 0 spiro atoms. The van der Waals surface area contributed by atoms with E-state index < -0.39 is 10.0 Å². The van der Waals surface area contributed by atoms with Gasteiger partial charge in [0.05, 0.1) is 11.9 Å². The average molecular weight is 293 g/mol. The average Bonchev–Trinajstić information content (AvgIpc) is 2.79. The third-order valence-electron chi connectivity index (χ3n) is 3.36. The van der Waals surface area contributed by atoms with Gasteiger partial charge in [-0.1, -0.05) is 23.8 Å². The molecule has 0 saturated heterocycles. The fraction of sp³-hybridized carbons (Fsp3) is 0.357. The summed E-state index contributed by atoms with van der Waals surface area (Å²) in [6.07, 6.45) is 1.35. The quantitative estimate of drug-likeness (QED) is 0.939. The zero-order valence-electron chi connectivity index (χ0n) is 12.1. The molecule has 0 aliphatic carbocycles. The van der Waals surface area contributed by atoms with E-state index in [1.165, 1.54) is 16.1 Å². The Morgan fingerprint density at radius 3 is 2.50 bits per heavy atom. The van der Waals surface area contributed by atoms with Crippen molar-refractivity contribution < 1.29 is 8.42 Å². The van der Waals surface area contributed by atoms with Gasteiger partial charge in [0.1, 0.15) is 4.90 Å². The van der Waals surface area contributed by atoms with Crippen LogP contribution in [0.25, 0.3) is 0 Å². The highest BCUT2D eigenvalue weighted by Crippen LogP contribution is 2.20. The van der Waals surface area contributed by atoms with Crippen molar-refractivity contribution in [1.82, 2.24) is 14.5 Å². The summed E-state index contributed by atoms with van der Waals surface area (Å²) in [5.41, 5.74) is 3.82. The van der Waals surface area contributed by atoms with Gasteiger partial charge in [0.2, 0.25) is 10.0 Å². The van der Waals surface area contributed by atoms with Crippen LogP contribution in [0.4, 0.5) is 0 Å². The van der Waals surface area contributed by atoms with Crippen LogP contribution in [0.3, 0.4) is 0 Å². The van der Waals surface area contributed by atoms with Crippen molar-refractivity contribution in [2.45, 2.75) is 32.2 Å². The van der Waals surface area contributed by atoms with Crippen LogP contribution < -0.4 is 0 Å². The lowest BCUT2D eigenvalue weighted by molar-refractivity contribution is 0.465. The molecule has 20 heavy (non-hydrogen) atoms. The van der Waals surface area contributed by atoms with Crippen LogP contribution in [0.2, 0.25) is 0 Å². The summed E-state index contributed by atoms with van der Waals surface area (Å²) in [7, 11) is -1.93. The molecule has 0 fully saturated rings. The first-order valence-corrected chi connectivity index (χ1v) is 7.79. The predicted octanol–water partition coefficient (Wildman–Crippen LogP) is 2.16. The molecule has 1 aromatic carbocycles. The number of nitrogens with zero attached hydrogens (tertiary/aromatic N) is 2. The SMILES string of the molecule is Cc1ccc(CN(C)S(=O)(=O)c2cn[nH]c2C)c(C)c1. The van der Waals surface area contributed by atoms with E-state index in [0.717, 1.165) is 11.1 Å². The van der Waals surface area contributed by atoms with Gasteiger partial charge in [0.15, 0.2) is 0 Å². The molecule has 0 aliphatic rings. The van der Waals surface area contributed by atoms with Crippen LogP contribution in [-0.2, 0) is 16.6 Å². The smallest absolute Gasteiger partial charge is 0.246 e. The van der Waals surface area contributed by atoms with Crippen LogP contribution in [0.1, 0.15) is 22.4 Å². The topological polar surface area (TPSA) is 66.1 Å². The van der Waals surface area contributed by atoms with Crippen LogP contribution in [0.5, 0.6) is 0 Å². The number of nitrogens with one attached hydrogen (secondary N) is 1. The molecular formula is C14H19N3O2S. The Bertz CT molecular complexity index is 720. The Morgan fingerprint density at radius 1 is 1.25 bits per heavy atom. The highest BCUT2D eigenvalue weighted by molar-refractivity contribution is 7.89. The predicted molar refractivity (Wildman–Crippen MR) is 77.9 cm³/mol. The summed E-state index contributed by atoms with van der Waals surface area (Å²) in [6.45, 7) is 6.06. The molecule has 0 saturated carbocycles. The van der Waals surface area contributed by atoms with Gasteiger partial charge >= 0.3 is 0 Å². The van der Waals surface area contributed by atoms with Crippen molar-refractivity contribution >= 4 is 10.0 Å². The molecule has 5 nitrogen and oxygen atoms in total. The maximum absolute atomic E-state index is 12.5. The molecule has 0 aliphatic heterocycles. The van der Waals surface area contributed by atoms with E-state index >= 15 is 0 Å². The molecule has 1 heterocycles. The molecule has 6 heteroatoms. The van der Waals surface area contributed by atoms with E-state index in [1.54, 1.807) is 14.0 Å². The maximum atomic E-state index is 12.5. The first-order chi connectivity index (χ1) is 9.32. The minimum absolute atomic E-state index is 0.227. The Labute approximate surface area is 119 Å². The van der Waals surface area contributed by atoms with E-state index in [2.05, 4.69) is 16.3 Å². The lowest BCUT2D eigenvalue weighted by Crippen LogP contribution is -2.27. The fourth-order valence-electron chi connectivity index (χ4n) is 2.12. The lowest BCUT2D eigenvalue weighted by atomic mass is 10.1. The largest absolute Gasteiger partial charge is 0.281 e. The van der Waals surface area contributed by atoms with E-state index in [-0.39, 0.29) is 4.90 Å². The number of sulfonamides is 1. The van der Waals surface area contributed by atoms with Crippen molar-refractivity contribution in [2.24, 2.45) is 0 Å². The summed E-state index contributed by atoms with van der Waals surface area (Å²) in [5.74, 6) is 0. The normalized spacial score (nSPS) is 12.1. The first-order valence-electron chi connectivity index (χ1n) is 6.35. The van der Waals surface area contributed by atoms with Gasteiger partial charge in [-0.3, -0.25) is 5.10 Å². The van der Waals surface area contributed by atoms with Crippen LogP contribution in [0, 0.1) is 20.8 Å². The molecule has 0 atom stereocenters. The first kappa shape index (κ1) is 14.7. The number of hydrogen-bond acceptors (Lipinski definition) is 3. The molecular weight excluding hydrogens is 274 g/mol. The van der Waals surface area contributed by atoms with Gasteiger partial charge in [-0.2, -0.15) is 9.40 Å². The van der Waals surface area contributed by atoms with Crippen LogP contribution >= 0.6 is 0 Å². The number of hydrogen-bond donors (Lipinski definition) is 1. The van der Waals surface area contributed by atoms with Crippen molar-refractivity contribution in [3.8, 4) is 0 Å². The summed E-state index contributed by atoms with van der Waals surface area (Å²) in [5, 5.41) is 6.43. The molecule has 0 amide bonds. The van der Waals surface area contributed by atoms with Crippen molar-refractivity contribution in [3.63, 3.8) is 0 Å². The minimum Gasteiger partial charge on any atom is -0.281 e. The van der Waals surface area contributed by atoms with E-state index in [0.29, 0.717) is 12.2 Å². The number of benzene rings is 1. The van der Waals surface area contributed by atoms with Gasteiger partial charge in [-0.05, 0) is 31.9 Å². The minimum atomic E-state index is -3.51. The summed E-state index contributed by atoms with van der Waals surface area (Å²) < 4.78 is 26.3. The van der Waals surface area contributed by atoms with E-state index in [1.807, 2.05) is 26.0 Å². The number of aryl methyl sites for hydroxylation is 3. The Hall–Kier alpha value is -1.66. The van der Waals surface area contributed by atoms with Gasteiger partial charge in [-0.25, -0.2) is 8.42 Å². The molecule has 108 valence electrons. The second-order valence-electron chi connectivity index (χ2n) is 5.05. The van der Waals surface area contributed by atoms with Crippen LogP contribution in [-0.4, -0.2) is 30.0 Å². The molecule has 0 bridgehead atoms. The Balaban J connectivity index is 2.28. The number of aromatic nitrogens is 2. The van der Waals surface area contributed by atoms with Gasteiger partial charge < -0.3 is 0 Å². The number of aromatic amines is 1. The monoisotopic (exact) mass is 293 g/mol. The Morgan fingerprint density at radius 2 is 1.95 bits per heavy atom. The van der Waals surface area contributed by atoms with E-state index in [4.69, 9.17) is 0 Å². The second kappa shape index (κ2) is 5.38. The summed E-state index contributed by atoms with van der Waals surface area (Å²) in [4.78, 5) is 0.227. The van der Waals surface area contributed by atoms with Crippen molar-refractivity contribution in [2.75, 3.05) is 7.05 Å². The molecule has 2 rings (SSSR count). The summed E-state index contributed by atoms with van der Waals surface area (Å²) >= 11 is 0. The highest BCUT2D eigenvalue weighted by Gasteiger charge is 2.24. The van der Waals surface area contributed by atoms with Gasteiger partial charge in [0, 0.05) is 13.6 Å². The third kappa shape index (κ3) is 2.76. The third-order valence-corrected chi connectivity index (χ3v) is 5.28. The number of H-pyrrole nitrogens is 1. The second-order valence-corrected chi connectivity index (χ2v) is 7.06. The summed E-state index contributed by atoms with van der Waals surface area (Å²) in [6, 6.07) is 6.02. The van der Waals surface area contributed by atoms with Gasteiger partial charge in [0.25, 0.3) is 0 Å². The fourth-order valence-corrected chi connectivity index (χ4v) is 3.38. The van der Waals surface area contributed by atoms with Crippen molar-refractivity contribution in [3.05, 3.63) is 46.8 Å². The molecule has 0 unspecified atom stereocenters. The maximum Gasteiger partial charge on any atom is 0.246 e. The molecule has 1 N–H and O–H groups in total. The molecule has 2 aromatic rings. The van der Waals surface area contributed by atoms with Crippen LogP contribution in [0.15, 0.2) is 29.3 Å². The highest BCUT2D eigenvalue weighted by atomic mass is 32.2.